The first kappa shape index (κ1) is 16.7. The first-order chi connectivity index (χ1) is 7.91. The molecule has 2 heteroatoms. The van der Waals surface area contributed by atoms with Crippen LogP contribution in [-0.4, -0.2) is 23.0 Å². The minimum absolute atomic E-state index is 1.35. The average molecular weight is 263 g/mol. The van der Waals surface area contributed by atoms with Crippen LogP contribution >= 0.6 is 23.5 Å². The fourth-order valence-electron chi connectivity index (χ4n) is 1.46. The first-order valence-electron chi connectivity index (χ1n) is 7.07. The second-order valence-electron chi connectivity index (χ2n) is 4.35. The van der Waals surface area contributed by atoms with E-state index in [0.717, 1.165) is 0 Å². The minimum atomic E-state index is 1.35. The molecule has 0 atom stereocenters. The van der Waals surface area contributed by atoms with Gasteiger partial charge in [0.25, 0.3) is 0 Å². The molecule has 0 bridgehead atoms. The minimum Gasteiger partial charge on any atom is -0.162 e. The van der Waals surface area contributed by atoms with Crippen molar-refractivity contribution in [3.63, 3.8) is 0 Å². The topological polar surface area (TPSA) is 0 Å². The molecule has 0 amide bonds. The van der Waals surface area contributed by atoms with Crippen molar-refractivity contribution in [3.8, 4) is 0 Å². The van der Waals surface area contributed by atoms with Crippen molar-refractivity contribution in [2.75, 3.05) is 23.0 Å². The summed E-state index contributed by atoms with van der Waals surface area (Å²) in [5.74, 6) is 5.54. The van der Waals surface area contributed by atoms with Crippen LogP contribution in [0, 0.1) is 0 Å². The zero-order chi connectivity index (χ0) is 11.9. The van der Waals surface area contributed by atoms with Gasteiger partial charge in [0, 0.05) is 0 Å². The van der Waals surface area contributed by atoms with Gasteiger partial charge in [-0.1, -0.05) is 39.5 Å². The maximum Gasteiger partial charge on any atom is -0.00675 e. The monoisotopic (exact) mass is 262 g/mol. The van der Waals surface area contributed by atoms with Crippen molar-refractivity contribution >= 4 is 23.5 Å². The van der Waals surface area contributed by atoms with Gasteiger partial charge in [0.2, 0.25) is 0 Å². The molecule has 0 aliphatic carbocycles. The maximum absolute atomic E-state index is 2.27. The molecule has 0 unspecified atom stereocenters. The Hall–Kier alpha value is 0.700. The van der Waals surface area contributed by atoms with E-state index in [2.05, 4.69) is 37.4 Å². The highest BCUT2D eigenvalue weighted by atomic mass is 32.2. The van der Waals surface area contributed by atoms with Gasteiger partial charge in [-0.3, -0.25) is 0 Å². The third-order valence-corrected chi connectivity index (χ3v) is 4.92. The highest BCUT2D eigenvalue weighted by Crippen LogP contribution is 2.12. The van der Waals surface area contributed by atoms with E-state index in [9.17, 15) is 0 Å². The summed E-state index contributed by atoms with van der Waals surface area (Å²) in [7, 11) is 0. The Balaban J connectivity index is 2.83. The molecule has 0 rings (SSSR count). The first-order valence-corrected chi connectivity index (χ1v) is 9.38. The molecule has 16 heavy (non-hydrogen) atoms. The highest BCUT2D eigenvalue weighted by Gasteiger charge is 1.92. The molecular weight excluding hydrogens is 232 g/mol. The molecule has 0 aliphatic heterocycles. The SMILES string of the molecule is CCCCSCCCCCCSCCCC. The zero-order valence-corrected chi connectivity index (χ0v) is 12.9. The van der Waals surface area contributed by atoms with Gasteiger partial charge < -0.3 is 0 Å². The summed E-state index contributed by atoms with van der Waals surface area (Å²) in [6.07, 6.45) is 11.3. The number of unbranched alkanes of at least 4 members (excludes halogenated alkanes) is 5. The summed E-state index contributed by atoms with van der Waals surface area (Å²) < 4.78 is 0. The summed E-state index contributed by atoms with van der Waals surface area (Å²) in [5, 5.41) is 0. The van der Waals surface area contributed by atoms with Crippen molar-refractivity contribution in [2.45, 2.75) is 65.2 Å². The smallest absolute Gasteiger partial charge is 0.00675 e. The fourth-order valence-corrected chi connectivity index (χ4v) is 3.67. The van der Waals surface area contributed by atoms with Crippen molar-refractivity contribution in [3.05, 3.63) is 0 Å². The van der Waals surface area contributed by atoms with E-state index in [1.54, 1.807) is 0 Å². The lowest BCUT2D eigenvalue weighted by Crippen LogP contribution is -1.87. The van der Waals surface area contributed by atoms with Crippen LogP contribution in [0.25, 0.3) is 0 Å². The number of rotatable bonds is 13. The van der Waals surface area contributed by atoms with Crippen LogP contribution in [0.2, 0.25) is 0 Å². The van der Waals surface area contributed by atoms with Gasteiger partial charge >= 0.3 is 0 Å². The van der Waals surface area contributed by atoms with Gasteiger partial charge in [-0.05, 0) is 48.7 Å². The molecule has 0 aromatic rings. The van der Waals surface area contributed by atoms with E-state index >= 15 is 0 Å². The van der Waals surface area contributed by atoms with Gasteiger partial charge in [-0.25, -0.2) is 0 Å². The molecule has 0 radical (unpaired) electrons. The van der Waals surface area contributed by atoms with E-state index in [0.29, 0.717) is 0 Å². The van der Waals surface area contributed by atoms with Crippen molar-refractivity contribution < 1.29 is 0 Å². The Bertz CT molecular complexity index is 101. The van der Waals surface area contributed by atoms with Crippen molar-refractivity contribution in [1.82, 2.24) is 0 Å². The highest BCUT2D eigenvalue weighted by molar-refractivity contribution is 7.99. The predicted octanol–water partition coefficient (Wildman–Crippen LogP) is 5.61. The van der Waals surface area contributed by atoms with Gasteiger partial charge in [0.15, 0.2) is 0 Å². The molecule has 0 N–H and O–H groups in total. The van der Waals surface area contributed by atoms with Gasteiger partial charge in [0.05, 0.1) is 0 Å². The molecule has 0 fully saturated rings. The standard InChI is InChI=1S/C14H30S2/c1-3-5-11-15-13-9-7-8-10-14-16-12-6-4-2/h3-14H2,1-2H3. The lowest BCUT2D eigenvalue weighted by Gasteiger charge is -2.02. The van der Waals surface area contributed by atoms with Crippen LogP contribution in [0.3, 0.4) is 0 Å². The van der Waals surface area contributed by atoms with E-state index in [1.807, 2.05) is 0 Å². The molecular formula is C14H30S2. The van der Waals surface area contributed by atoms with E-state index < -0.39 is 0 Å². The summed E-state index contributed by atoms with van der Waals surface area (Å²) >= 11 is 4.30. The zero-order valence-electron chi connectivity index (χ0n) is 11.3. The third kappa shape index (κ3) is 14.7. The average Bonchev–Trinajstić information content (AvgIpc) is 2.31. The normalized spacial score (nSPS) is 10.9. The van der Waals surface area contributed by atoms with Crippen LogP contribution in [0.4, 0.5) is 0 Å². The molecule has 0 aromatic heterocycles. The lowest BCUT2D eigenvalue weighted by atomic mass is 10.2. The molecule has 0 aromatic carbocycles. The van der Waals surface area contributed by atoms with E-state index in [-0.39, 0.29) is 0 Å². The molecule has 0 heterocycles. The van der Waals surface area contributed by atoms with E-state index in [4.69, 9.17) is 0 Å². The van der Waals surface area contributed by atoms with Crippen molar-refractivity contribution in [1.29, 1.82) is 0 Å². The molecule has 0 aliphatic rings. The predicted molar refractivity (Wildman–Crippen MR) is 82.9 cm³/mol. The molecule has 98 valence electrons. The van der Waals surface area contributed by atoms with Gasteiger partial charge in [-0.15, -0.1) is 0 Å². The van der Waals surface area contributed by atoms with E-state index in [1.165, 1.54) is 74.4 Å². The number of thioether (sulfide) groups is 2. The molecule has 0 spiro atoms. The Morgan fingerprint density at radius 2 is 0.875 bits per heavy atom. The third-order valence-electron chi connectivity index (χ3n) is 2.61. The lowest BCUT2D eigenvalue weighted by molar-refractivity contribution is 0.710. The second-order valence-corrected chi connectivity index (χ2v) is 6.80. The fraction of sp³-hybridized carbons (Fsp3) is 1.00. The Morgan fingerprint density at radius 1 is 0.500 bits per heavy atom. The van der Waals surface area contributed by atoms with Crippen LogP contribution in [-0.2, 0) is 0 Å². The summed E-state index contributed by atoms with van der Waals surface area (Å²) in [6.45, 7) is 4.55. The molecule has 0 saturated carbocycles. The van der Waals surface area contributed by atoms with Crippen LogP contribution < -0.4 is 0 Å². The quantitative estimate of drug-likeness (QED) is 0.395. The van der Waals surface area contributed by atoms with Gasteiger partial charge in [0.1, 0.15) is 0 Å². The Morgan fingerprint density at radius 3 is 1.25 bits per heavy atom. The second kappa shape index (κ2) is 15.7. The molecule has 0 saturated heterocycles. The van der Waals surface area contributed by atoms with Gasteiger partial charge in [-0.2, -0.15) is 23.5 Å². The Labute approximate surface area is 112 Å². The van der Waals surface area contributed by atoms with Crippen LogP contribution in [0.1, 0.15) is 65.2 Å². The summed E-state index contributed by atoms with van der Waals surface area (Å²) in [4.78, 5) is 0. The number of hydrogen-bond donors (Lipinski definition) is 0. The maximum atomic E-state index is 2.27. The molecule has 0 nitrogen and oxygen atoms in total. The van der Waals surface area contributed by atoms with Crippen LogP contribution in [0.15, 0.2) is 0 Å². The largest absolute Gasteiger partial charge is 0.162 e. The summed E-state index contributed by atoms with van der Waals surface area (Å²) in [6, 6.07) is 0. The summed E-state index contributed by atoms with van der Waals surface area (Å²) in [5.41, 5.74) is 0. The Kier molecular flexibility index (Phi) is 16.4. The number of hydrogen-bond acceptors (Lipinski definition) is 2. The van der Waals surface area contributed by atoms with Crippen molar-refractivity contribution in [2.24, 2.45) is 0 Å². The van der Waals surface area contributed by atoms with Crippen LogP contribution in [0.5, 0.6) is 0 Å².